The molecule has 0 aromatic heterocycles. The van der Waals surface area contributed by atoms with E-state index in [1.165, 1.54) is 0 Å². The number of carbonyl (C=O) groups is 1. The Kier molecular flexibility index (Phi) is 4.40. The normalized spacial score (nSPS) is 21.6. The van der Waals surface area contributed by atoms with Gasteiger partial charge in [0.2, 0.25) is 0 Å². The van der Waals surface area contributed by atoms with Gasteiger partial charge in [-0.05, 0) is 37.7 Å². The highest BCUT2D eigenvalue weighted by Crippen LogP contribution is 2.42. The van der Waals surface area contributed by atoms with Gasteiger partial charge >= 0.3 is 12.1 Å². The van der Waals surface area contributed by atoms with Gasteiger partial charge in [0.05, 0.1) is 5.57 Å². The Hall–Kier alpha value is -1.46. The van der Waals surface area contributed by atoms with E-state index < -0.39 is 17.7 Å². The minimum Gasteiger partial charge on any atom is -0.264 e. The molecule has 0 radical (unpaired) electrons. The summed E-state index contributed by atoms with van der Waals surface area (Å²) < 4.78 is 39.5. The minimum atomic E-state index is -4.48. The van der Waals surface area contributed by atoms with E-state index in [1.807, 2.05) is 0 Å². The van der Waals surface area contributed by atoms with Gasteiger partial charge in [-0.1, -0.05) is 24.8 Å². The first-order chi connectivity index (χ1) is 9.43. The number of nitroso groups, excluding NO2 is 1. The zero-order chi connectivity index (χ0) is 14.8. The molecule has 110 valence electrons. The van der Waals surface area contributed by atoms with Gasteiger partial charge in [0.15, 0.2) is 0 Å². The summed E-state index contributed by atoms with van der Waals surface area (Å²) in [5.74, 6) is -1.13. The largest absolute Gasteiger partial charge is 0.416 e. The van der Waals surface area contributed by atoms with E-state index in [4.69, 9.17) is 0 Å². The topological polar surface area (TPSA) is 46.5 Å². The maximum atomic E-state index is 13.2. The average molecular weight is 287 g/mol. The van der Waals surface area contributed by atoms with Crippen LogP contribution in [0.25, 0.3) is 0 Å². The molecule has 1 fully saturated rings. The van der Waals surface area contributed by atoms with E-state index in [0.29, 0.717) is 5.57 Å². The number of allylic oxidation sites excluding steroid dienone is 3. The fourth-order valence-corrected chi connectivity index (χ4v) is 3.11. The van der Waals surface area contributed by atoms with Crippen molar-refractivity contribution in [3.63, 3.8) is 0 Å². The van der Waals surface area contributed by atoms with Crippen molar-refractivity contribution in [2.75, 3.05) is 0 Å². The zero-order valence-corrected chi connectivity index (χ0v) is 11.0. The molecule has 6 heteroatoms. The predicted octanol–water partition coefficient (Wildman–Crippen LogP) is 4.44. The highest BCUT2D eigenvalue weighted by Gasteiger charge is 2.39. The lowest BCUT2D eigenvalue weighted by Gasteiger charge is -2.29. The SMILES string of the molecule is O=NC(=O)C1=CC(C(F)(F)F)=C(C2CCCCC2)CC1. The van der Waals surface area contributed by atoms with Crippen LogP contribution in [0.3, 0.4) is 0 Å². The monoisotopic (exact) mass is 287 g/mol. The second-order valence-electron chi connectivity index (χ2n) is 5.34. The summed E-state index contributed by atoms with van der Waals surface area (Å²) in [7, 11) is 0. The summed E-state index contributed by atoms with van der Waals surface area (Å²) in [5, 5.41) is 2.22. The third-order valence-electron chi connectivity index (χ3n) is 4.09. The molecule has 2 aliphatic rings. The number of hydrogen-bond acceptors (Lipinski definition) is 2. The van der Waals surface area contributed by atoms with Crippen LogP contribution in [-0.4, -0.2) is 12.1 Å². The van der Waals surface area contributed by atoms with E-state index in [9.17, 15) is 22.9 Å². The van der Waals surface area contributed by atoms with Gasteiger partial charge in [-0.15, -0.1) is 4.91 Å². The number of halogens is 3. The fraction of sp³-hybridized carbons (Fsp3) is 0.643. The van der Waals surface area contributed by atoms with Crippen LogP contribution in [0.15, 0.2) is 28.0 Å². The van der Waals surface area contributed by atoms with Crippen molar-refractivity contribution in [2.45, 2.75) is 51.1 Å². The van der Waals surface area contributed by atoms with Crippen LogP contribution in [0.2, 0.25) is 0 Å². The van der Waals surface area contributed by atoms with E-state index >= 15 is 0 Å². The molecule has 2 aliphatic carbocycles. The Bertz CT molecular complexity index is 471. The molecule has 0 heterocycles. The lowest BCUT2D eigenvalue weighted by atomic mass is 9.77. The molecule has 0 saturated heterocycles. The molecule has 2 rings (SSSR count). The number of amides is 1. The van der Waals surface area contributed by atoms with Crippen molar-refractivity contribution in [2.24, 2.45) is 11.1 Å². The maximum absolute atomic E-state index is 13.2. The number of alkyl halides is 3. The Balaban J connectivity index is 2.38. The maximum Gasteiger partial charge on any atom is 0.416 e. The molecular weight excluding hydrogens is 271 g/mol. The molecule has 1 amide bonds. The second-order valence-corrected chi connectivity index (χ2v) is 5.34. The third kappa shape index (κ3) is 3.16. The molecule has 0 aliphatic heterocycles. The summed E-state index contributed by atoms with van der Waals surface area (Å²) in [4.78, 5) is 21.4. The summed E-state index contributed by atoms with van der Waals surface area (Å²) >= 11 is 0. The lowest BCUT2D eigenvalue weighted by molar-refractivity contribution is -0.114. The first-order valence-electron chi connectivity index (χ1n) is 6.82. The van der Waals surface area contributed by atoms with Crippen LogP contribution >= 0.6 is 0 Å². The molecule has 20 heavy (non-hydrogen) atoms. The summed E-state index contributed by atoms with van der Waals surface area (Å²) in [6.07, 6.45) is 1.24. The Morgan fingerprint density at radius 1 is 1.15 bits per heavy atom. The molecule has 1 saturated carbocycles. The van der Waals surface area contributed by atoms with Gasteiger partial charge in [0.25, 0.3) is 0 Å². The van der Waals surface area contributed by atoms with Crippen molar-refractivity contribution < 1.29 is 18.0 Å². The van der Waals surface area contributed by atoms with Gasteiger partial charge in [-0.3, -0.25) is 4.79 Å². The van der Waals surface area contributed by atoms with Crippen LogP contribution < -0.4 is 0 Å². The van der Waals surface area contributed by atoms with Crippen molar-refractivity contribution in [1.29, 1.82) is 0 Å². The van der Waals surface area contributed by atoms with Crippen LogP contribution in [0, 0.1) is 10.8 Å². The lowest BCUT2D eigenvalue weighted by Crippen LogP contribution is -2.22. The highest BCUT2D eigenvalue weighted by molar-refractivity contribution is 5.94. The van der Waals surface area contributed by atoms with Crippen molar-refractivity contribution >= 4 is 5.91 Å². The Labute approximate surface area is 114 Å². The smallest absolute Gasteiger partial charge is 0.264 e. The predicted molar refractivity (Wildman–Crippen MR) is 67.8 cm³/mol. The highest BCUT2D eigenvalue weighted by atomic mass is 19.4. The quantitative estimate of drug-likeness (QED) is 0.705. The molecule has 0 bridgehead atoms. The van der Waals surface area contributed by atoms with E-state index in [1.54, 1.807) is 0 Å². The Morgan fingerprint density at radius 3 is 2.35 bits per heavy atom. The number of rotatable bonds is 2. The van der Waals surface area contributed by atoms with Gasteiger partial charge in [0, 0.05) is 10.7 Å². The number of hydrogen-bond donors (Lipinski definition) is 0. The minimum absolute atomic E-state index is 0.0440. The summed E-state index contributed by atoms with van der Waals surface area (Å²) in [6.45, 7) is 0. The molecule has 0 aromatic carbocycles. The van der Waals surface area contributed by atoms with Gasteiger partial charge < -0.3 is 0 Å². The van der Waals surface area contributed by atoms with Crippen LogP contribution in [0.1, 0.15) is 44.9 Å². The molecule has 3 nitrogen and oxygen atoms in total. The van der Waals surface area contributed by atoms with Crippen molar-refractivity contribution in [1.82, 2.24) is 0 Å². The molecular formula is C14H16F3NO2. The average Bonchev–Trinajstić information content (AvgIpc) is 2.46. The molecule has 0 N–H and O–H groups in total. The van der Waals surface area contributed by atoms with Crippen LogP contribution in [0.4, 0.5) is 13.2 Å². The van der Waals surface area contributed by atoms with E-state index in [2.05, 4.69) is 5.18 Å². The van der Waals surface area contributed by atoms with Crippen molar-refractivity contribution in [3.05, 3.63) is 27.7 Å². The molecule has 0 unspecified atom stereocenters. The Morgan fingerprint density at radius 2 is 1.80 bits per heavy atom. The number of nitrogens with zero attached hydrogens (tertiary/aromatic N) is 1. The first-order valence-corrected chi connectivity index (χ1v) is 6.82. The molecule has 0 spiro atoms. The fourth-order valence-electron chi connectivity index (χ4n) is 3.11. The van der Waals surface area contributed by atoms with Gasteiger partial charge in [-0.25, -0.2) is 0 Å². The zero-order valence-electron chi connectivity index (χ0n) is 11.0. The summed E-state index contributed by atoms with van der Waals surface area (Å²) in [6, 6.07) is 0. The van der Waals surface area contributed by atoms with Gasteiger partial charge in [0.1, 0.15) is 0 Å². The van der Waals surface area contributed by atoms with E-state index in [0.717, 1.165) is 38.2 Å². The first kappa shape index (κ1) is 14.9. The third-order valence-corrected chi connectivity index (χ3v) is 4.09. The van der Waals surface area contributed by atoms with Gasteiger partial charge in [-0.2, -0.15) is 13.2 Å². The van der Waals surface area contributed by atoms with E-state index in [-0.39, 0.29) is 24.3 Å². The second kappa shape index (κ2) is 5.89. The van der Waals surface area contributed by atoms with Crippen LogP contribution in [-0.2, 0) is 4.79 Å². The van der Waals surface area contributed by atoms with Crippen molar-refractivity contribution in [3.8, 4) is 0 Å². The van der Waals surface area contributed by atoms with Crippen LogP contribution in [0.5, 0.6) is 0 Å². The molecule has 0 aromatic rings. The molecule has 0 atom stereocenters. The standard InChI is InChI=1S/C14H16F3NO2/c15-14(16,17)12-8-10(13(19)18-20)6-7-11(12)9-4-2-1-3-5-9/h8-9H,1-7H2. The number of carbonyl (C=O) groups excluding carboxylic acids is 1. The summed E-state index contributed by atoms with van der Waals surface area (Å²) in [5.41, 5.74) is -0.464.